The van der Waals surface area contributed by atoms with Gasteiger partial charge in [-0.25, -0.2) is 0 Å². The van der Waals surface area contributed by atoms with Crippen molar-refractivity contribution in [3.05, 3.63) is 30.1 Å². The molecule has 148 valence electrons. The van der Waals surface area contributed by atoms with Crippen LogP contribution in [0.5, 0.6) is 0 Å². The van der Waals surface area contributed by atoms with E-state index in [1.807, 2.05) is 18.3 Å². The molecule has 2 heterocycles. The number of methoxy groups -OCH3 is 1. The fourth-order valence-corrected chi connectivity index (χ4v) is 4.72. The van der Waals surface area contributed by atoms with Crippen molar-refractivity contribution in [2.45, 2.75) is 62.9 Å². The average molecular weight is 374 g/mol. The molecule has 0 radical (unpaired) electrons. The number of nitrogens with zero attached hydrogens (tertiary/aromatic N) is 2. The fourth-order valence-electron chi connectivity index (χ4n) is 4.72. The van der Waals surface area contributed by atoms with Crippen LogP contribution in [0.4, 0.5) is 0 Å². The van der Waals surface area contributed by atoms with Crippen LogP contribution in [0.15, 0.2) is 24.5 Å². The minimum Gasteiger partial charge on any atom is -0.378 e. The summed E-state index contributed by atoms with van der Waals surface area (Å²) < 4.78 is 17.6. The number of carbonyl (C=O) groups excluding carboxylic acids is 1. The highest BCUT2D eigenvalue weighted by molar-refractivity contribution is 5.78. The number of fused-ring (bicyclic) bond motifs is 1. The molecule has 3 aliphatic rings. The molecule has 4 rings (SSSR count). The van der Waals surface area contributed by atoms with Crippen molar-refractivity contribution in [2.75, 3.05) is 26.9 Å². The summed E-state index contributed by atoms with van der Waals surface area (Å²) in [5, 5.41) is 0. The SMILES string of the molecule is COC1(CC(=O)N2CCOC3CC(COCc4cccnc4)CC32)CCC1. The van der Waals surface area contributed by atoms with Gasteiger partial charge in [-0.15, -0.1) is 0 Å². The summed E-state index contributed by atoms with van der Waals surface area (Å²) in [6.07, 6.45) is 9.35. The number of pyridine rings is 1. The number of amides is 1. The van der Waals surface area contributed by atoms with Crippen LogP contribution < -0.4 is 0 Å². The van der Waals surface area contributed by atoms with Gasteiger partial charge < -0.3 is 19.1 Å². The Kier molecular flexibility index (Phi) is 5.76. The molecule has 0 N–H and O–H groups in total. The van der Waals surface area contributed by atoms with E-state index in [4.69, 9.17) is 14.2 Å². The minimum absolute atomic E-state index is 0.148. The molecule has 6 nitrogen and oxygen atoms in total. The maximum atomic E-state index is 13.0. The first kappa shape index (κ1) is 18.8. The highest BCUT2D eigenvalue weighted by atomic mass is 16.5. The van der Waals surface area contributed by atoms with Gasteiger partial charge in [-0.3, -0.25) is 9.78 Å². The normalized spacial score (nSPS) is 29.2. The van der Waals surface area contributed by atoms with Gasteiger partial charge in [-0.05, 0) is 49.7 Å². The van der Waals surface area contributed by atoms with Gasteiger partial charge in [0.15, 0.2) is 0 Å². The monoisotopic (exact) mass is 374 g/mol. The van der Waals surface area contributed by atoms with Crippen LogP contribution in [-0.4, -0.2) is 60.4 Å². The smallest absolute Gasteiger partial charge is 0.225 e. The molecular weight excluding hydrogens is 344 g/mol. The molecule has 3 unspecified atom stereocenters. The number of morpholine rings is 1. The maximum absolute atomic E-state index is 13.0. The van der Waals surface area contributed by atoms with Gasteiger partial charge in [0.05, 0.1) is 44.0 Å². The van der Waals surface area contributed by atoms with E-state index in [0.29, 0.717) is 38.7 Å². The van der Waals surface area contributed by atoms with E-state index in [1.165, 1.54) is 0 Å². The second-order valence-corrected chi connectivity index (χ2v) is 8.20. The predicted molar refractivity (Wildman–Crippen MR) is 100 cm³/mol. The van der Waals surface area contributed by atoms with Crippen molar-refractivity contribution in [3.8, 4) is 0 Å². The Morgan fingerprint density at radius 2 is 2.30 bits per heavy atom. The zero-order valence-corrected chi connectivity index (χ0v) is 16.1. The quantitative estimate of drug-likeness (QED) is 0.734. The van der Waals surface area contributed by atoms with Gasteiger partial charge in [0.25, 0.3) is 0 Å². The summed E-state index contributed by atoms with van der Waals surface area (Å²) in [5.41, 5.74) is 0.877. The number of carbonyl (C=O) groups is 1. The van der Waals surface area contributed by atoms with Crippen LogP contribution in [0, 0.1) is 5.92 Å². The highest BCUT2D eigenvalue weighted by Crippen LogP contribution is 2.40. The maximum Gasteiger partial charge on any atom is 0.225 e. The Hall–Kier alpha value is -1.50. The van der Waals surface area contributed by atoms with Crippen LogP contribution in [0.2, 0.25) is 0 Å². The van der Waals surface area contributed by atoms with Gasteiger partial charge >= 0.3 is 0 Å². The Morgan fingerprint density at radius 3 is 3.00 bits per heavy atom. The molecule has 1 amide bonds. The van der Waals surface area contributed by atoms with Gasteiger partial charge in [0, 0.05) is 26.0 Å². The molecule has 6 heteroatoms. The summed E-state index contributed by atoms with van der Waals surface area (Å²) in [4.78, 5) is 19.1. The largest absolute Gasteiger partial charge is 0.378 e. The zero-order chi connectivity index (χ0) is 18.7. The van der Waals surface area contributed by atoms with E-state index in [0.717, 1.165) is 37.7 Å². The lowest BCUT2D eigenvalue weighted by molar-refractivity contribution is -0.155. The highest BCUT2D eigenvalue weighted by Gasteiger charge is 2.46. The summed E-state index contributed by atoms with van der Waals surface area (Å²) >= 11 is 0. The Labute approximate surface area is 161 Å². The van der Waals surface area contributed by atoms with Crippen LogP contribution in [-0.2, 0) is 25.6 Å². The lowest BCUT2D eigenvalue weighted by atomic mass is 9.77. The fraction of sp³-hybridized carbons (Fsp3) is 0.714. The molecule has 0 aromatic carbocycles. The lowest BCUT2D eigenvalue weighted by Crippen LogP contribution is -2.54. The van der Waals surface area contributed by atoms with E-state index >= 15 is 0 Å². The van der Waals surface area contributed by atoms with Crippen molar-refractivity contribution < 1.29 is 19.0 Å². The molecular formula is C21H30N2O4. The van der Waals surface area contributed by atoms with Crippen LogP contribution >= 0.6 is 0 Å². The van der Waals surface area contributed by atoms with Crippen LogP contribution in [0.1, 0.15) is 44.1 Å². The third-order valence-electron chi connectivity index (χ3n) is 6.47. The first-order valence-electron chi connectivity index (χ1n) is 10.1. The standard InChI is InChI=1S/C21H30N2O4/c1-25-21(5-3-6-21)12-20(24)23-8-9-27-19-11-17(10-18(19)23)15-26-14-16-4-2-7-22-13-16/h2,4,7,13,17-19H,3,5-6,8-12,14-15H2,1H3. The summed E-state index contributed by atoms with van der Waals surface area (Å²) in [7, 11) is 1.74. The van der Waals surface area contributed by atoms with Crippen molar-refractivity contribution in [3.63, 3.8) is 0 Å². The van der Waals surface area contributed by atoms with E-state index in [2.05, 4.69) is 9.88 Å². The Morgan fingerprint density at radius 1 is 1.41 bits per heavy atom. The zero-order valence-electron chi connectivity index (χ0n) is 16.1. The molecule has 1 saturated heterocycles. The number of ether oxygens (including phenoxy) is 3. The number of rotatable bonds is 7. The molecule has 2 saturated carbocycles. The molecule has 1 aromatic heterocycles. The number of hydrogen-bond donors (Lipinski definition) is 0. The first-order valence-corrected chi connectivity index (χ1v) is 10.1. The molecule has 2 aliphatic carbocycles. The summed E-state index contributed by atoms with van der Waals surface area (Å²) in [5.74, 6) is 0.664. The van der Waals surface area contributed by atoms with E-state index in [-0.39, 0.29) is 23.7 Å². The molecule has 1 aliphatic heterocycles. The van der Waals surface area contributed by atoms with Crippen LogP contribution in [0.3, 0.4) is 0 Å². The van der Waals surface area contributed by atoms with Crippen molar-refractivity contribution >= 4 is 5.91 Å². The first-order chi connectivity index (χ1) is 13.2. The molecule has 1 aromatic rings. The topological polar surface area (TPSA) is 60.9 Å². The van der Waals surface area contributed by atoms with Crippen molar-refractivity contribution in [2.24, 2.45) is 5.92 Å². The molecule has 0 bridgehead atoms. The van der Waals surface area contributed by atoms with E-state index in [1.54, 1.807) is 13.3 Å². The minimum atomic E-state index is -0.213. The molecule has 0 spiro atoms. The predicted octanol–water partition coefficient (Wildman–Crippen LogP) is 2.56. The number of aromatic nitrogens is 1. The van der Waals surface area contributed by atoms with Crippen LogP contribution in [0.25, 0.3) is 0 Å². The van der Waals surface area contributed by atoms with E-state index in [9.17, 15) is 4.79 Å². The second-order valence-electron chi connectivity index (χ2n) is 8.20. The summed E-state index contributed by atoms with van der Waals surface area (Å²) in [6, 6.07) is 4.14. The molecule has 3 fully saturated rings. The Bertz CT molecular complexity index is 629. The van der Waals surface area contributed by atoms with Gasteiger partial charge in [-0.2, -0.15) is 0 Å². The van der Waals surface area contributed by atoms with Gasteiger partial charge in [0.1, 0.15) is 0 Å². The van der Waals surface area contributed by atoms with Gasteiger partial charge in [0.2, 0.25) is 5.91 Å². The molecule has 3 atom stereocenters. The van der Waals surface area contributed by atoms with E-state index < -0.39 is 0 Å². The third-order valence-corrected chi connectivity index (χ3v) is 6.47. The molecule has 27 heavy (non-hydrogen) atoms. The lowest BCUT2D eigenvalue weighted by Gasteiger charge is -2.43. The number of hydrogen-bond acceptors (Lipinski definition) is 5. The Balaban J connectivity index is 1.29. The average Bonchev–Trinajstić information content (AvgIpc) is 3.08. The van der Waals surface area contributed by atoms with Crippen molar-refractivity contribution in [1.82, 2.24) is 9.88 Å². The third kappa shape index (κ3) is 4.18. The van der Waals surface area contributed by atoms with Crippen molar-refractivity contribution in [1.29, 1.82) is 0 Å². The summed E-state index contributed by atoms with van der Waals surface area (Å²) in [6.45, 7) is 2.62. The second kappa shape index (κ2) is 8.25. The van der Waals surface area contributed by atoms with Gasteiger partial charge in [-0.1, -0.05) is 6.07 Å².